The lowest BCUT2D eigenvalue weighted by molar-refractivity contribution is 0.0698. The summed E-state index contributed by atoms with van der Waals surface area (Å²) in [5, 5.41) is 22.2. The van der Waals surface area contributed by atoms with Crippen LogP contribution in [0.3, 0.4) is 0 Å². The van der Waals surface area contributed by atoms with Gasteiger partial charge in [0.1, 0.15) is 0 Å². The second kappa shape index (κ2) is 6.35. The molecule has 1 fully saturated rings. The lowest BCUT2D eigenvalue weighted by atomic mass is 9.74. The second-order valence-corrected chi connectivity index (χ2v) is 6.13. The Morgan fingerprint density at radius 2 is 2.00 bits per heavy atom. The van der Waals surface area contributed by atoms with Gasteiger partial charge in [-0.2, -0.15) is 0 Å². The number of hydrogen-bond acceptors (Lipinski definition) is 4. The highest BCUT2D eigenvalue weighted by Gasteiger charge is 2.31. The number of carboxylic acids is 1. The highest BCUT2D eigenvalue weighted by Crippen LogP contribution is 2.36. The first-order valence-corrected chi connectivity index (χ1v) is 7.46. The van der Waals surface area contributed by atoms with E-state index in [1.807, 2.05) is 6.07 Å². The fraction of sp³-hybridized carbons (Fsp3) is 0.562. The Kier molecular flexibility index (Phi) is 4.73. The summed E-state index contributed by atoms with van der Waals surface area (Å²) < 4.78 is 0. The van der Waals surface area contributed by atoms with Crippen LogP contribution in [0.1, 0.15) is 48.0 Å². The SMILES string of the molecule is Cc1cc(NCC2(CO)CCCCC2)cc(C(=O)O)c1N. The van der Waals surface area contributed by atoms with Crippen LogP contribution in [0.4, 0.5) is 11.4 Å². The molecule has 1 aromatic carbocycles. The summed E-state index contributed by atoms with van der Waals surface area (Å²) >= 11 is 0. The van der Waals surface area contributed by atoms with E-state index in [1.54, 1.807) is 13.0 Å². The fourth-order valence-corrected chi connectivity index (χ4v) is 3.06. The minimum atomic E-state index is -1.02. The van der Waals surface area contributed by atoms with E-state index in [9.17, 15) is 15.0 Å². The summed E-state index contributed by atoms with van der Waals surface area (Å²) in [6.07, 6.45) is 5.53. The van der Waals surface area contributed by atoms with Crippen molar-refractivity contribution >= 4 is 17.3 Å². The Hall–Kier alpha value is -1.75. The first-order chi connectivity index (χ1) is 9.97. The van der Waals surface area contributed by atoms with Crippen molar-refractivity contribution in [2.45, 2.75) is 39.0 Å². The third-order valence-electron chi connectivity index (χ3n) is 4.53. The van der Waals surface area contributed by atoms with Gasteiger partial charge in [0.25, 0.3) is 0 Å². The quantitative estimate of drug-likeness (QED) is 0.626. The zero-order valence-electron chi connectivity index (χ0n) is 12.5. The van der Waals surface area contributed by atoms with Crippen molar-refractivity contribution in [2.75, 3.05) is 24.2 Å². The van der Waals surface area contributed by atoms with Crippen molar-refractivity contribution in [3.63, 3.8) is 0 Å². The summed E-state index contributed by atoms with van der Waals surface area (Å²) in [7, 11) is 0. The maximum absolute atomic E-state index is 11.2. The number of benzene rings is 1. The van der Waals surface area contributed by atoms with Crippen molar-refractivity contribution in [1.82, 2.24) is 0 Å². The Labute approximate surface area is 125 Å². The van der Waals surface area contributed by atoms with Crippen LogP contribution in [-0.2, 0) is 0 Å². The minimum Gasteiger partial charge on any atom is -0.478 e. The van der Waals surface area contributed by atoms with Crippen molar-refractivity contribution in [2.24, 2.45) is 5.41 Å². The molecule has 0 aromatic heterocycles. The molecule has 1 aliphatic carbocycles. The van der Waals surface area contributed by atoms with Gasteiger partial charge >= 0.3 is 5.97 Å². The fourth-order valence-electron chi connectivity index (χ4n) is 3.06. The van der Waals surface area contributed by atoms with Crippen LogP contribution in [0.2, 0.25) is 0 Å². The zero-order chi connectivity index (χ0) is 15.5. The summed E-state index contributed by atoms with van der Waals surface area (Å²) in [5.74, 6) is -1.02. The van der Waals surface area contributed by atoms with E-state index in [1.165, 1.54) is 6.42 Å². The number of carboxylic acid groups (broad SMARTS) is 1. The van der Waals surface area contributed by atoms with Crippen LogP contribution in [-0.4, -0.2) is 29.3 Å². The number of anilines is 2. The van der Waals surface area contributed by atoms with Crippen molar-refractivity contribution in [3.8, 4) is 0 Å². The van der Waals surface area contributed by atoms with E-state index in [2.05, 4.69) is 5.32 Å². The molecular weight excluding hydrogens is 268 g/mol. The van der Waals surface area contributed by atoms with Crippen LogP contribution in [0.25, 0.3) is 0 Å². The van der Waals surface area contributed by atoms with Gasteiger partial charge in [-0.3, -0.25) is 0 Å². The monoisotopic (exact) mass is 292 g/mol. The molecule has 0 unspecified atom stereocenters. The molecule has 0 aliphatic heterocycles. The van der Waals surface area contributed by atoms with E-state index >= 15 is 0 Å². The number of rotatable bonds is 5. The van der Waals surface area contributed by atoms with Crippen LogP contribution >= 0.6 is 0 Å². The van der Waals surface area contributed by atoms with Gasteiger partial charge in [-0.15, -0.1) is 0 Å². The topological polar surface area (TPSA) is 95.6 Å². The smallest absolute Gasteiger partial charge is 0.337 e. The molecule has 0 saturated heterocycles. The summed E-state index contributed by atoms with van der Waals surface area (Å²) in [4.78, 5) is 11.2. The number of aliphatic hydroxyl groups is 1. The third-order valence-corrected chi connectivity index (χ3v) is 4.53. The van der Waals surface area contributed by atoms with Gasteiger partial charge in [0, 0.05) is 23.3 Å². The van der Waals surface area contributed by atoms with Gasteiger partial charge < -0.3 is 21.3 Å². The molecule has 0 radical (unpaired) electrons. The normalized spacial score (nSPS) is 17.4. The minimum absolute atomic E-state index is 0.0864. The molecule has 5 nitrogen and oxygen atoms in total. The number of aryl methyl sites for hydroxylation is 1. The molecular formula is C16H24N2O3. The largest absolute Gasteiger partial charge is 0.478 e. The molecule has 116 valence electrons. The van der Waals surface area contributed by atoms with Crippen LogP contribution in [0, 0.1) is 12.3 Å². The van der Waals surface area contributed by atoms with Gasteiger partial charge in [0.2, 0.25) is 0 Å². The molecule has 0 bridgehead atoms. The van der Waals surface area contributed by atoms with Crippen molar-refractivity contribution < 1.29 is 15.0 Å². The van der Waals surface area contributed by atoms with Crippen molar-refractivity contribution in [1.29, 1.82) is 0 Å². The van der Waals surface area contributed by atoms with E-state index in [4.69, 9.17) is 5.73 Å². The Bertz CT molecular complexity index is 522. The van der Waals surface area contributed by atoms with E-state index in [-0.39, 0.29) is 17.6 Å². The van der Waals surface area contributed by atoms with Gasteiger partial charge in [0.15, 0.2) is 0 Å². The van der Waals surface area contributed by atoms with E-state index < -0.39 is 5.97 Å². The molecule has 0 atom stereocenters. The number of carbonyl (C=O) groups is 1. The van der Waals surface area contributed by atoms with Gasteiger partial charge in [-0.25, -0.2) is 4.79 Å². The van der Waals surface area contributed by atoms with Crippen LogP contribution < -0.4 is 11.1 Å². The first-order valence-electron chi connectivity index (χ1n) is 7.46. The summed E-state index contributed by atoms with van der Waals surface area (Å²) in [5.41, 5.74) is 7.64. The summed E-state index contributed by atoms with van der Waals surface area (Å²) in [6, 6.07) is 3.42. The lowest BCUT2D eigenvalue weighted by Crippen LogP contribution is -2.35. The molecule has 0 amide bonds. The van der Waals surface area contributed by atoms with Crippen LogP contribution in [0.5, 0.6) is 0 Å². The Balaban J connectivity index is 2.14. The maximum atomic E-state index is 11.2. The second-order valence-electron chi connectivity index (χ2n) is 6.13. The van der Waals surface area contributed by atoms with Crippen LogP contribution in [0.15, 0.2) is 12.1 Å². The van der Waals surface area contributed by atoms with E-state index in [0.717, 1.165) is 36.9 Å². The molecule has 0 spiro atoms. The average molecular weight is 292 g/mol. The number of nitrogen functional groups attached to an aromatic ring is 1. The van der Waals surface area contributed by atoms with Gasteiger partial charge in [0.05, 0.1) is 12.2 Å². The molecule has 5 heteroatoms. The molecule has 1 aliphatic rings. The number of aliphatic hydroxyl groups excluding tert-OH is 1. The molecule has 0 heterocycles. The molecule has 5 N–H and O–H groups in total. The average Bonchev–Trinajstić information content (AvgIpc) is 2.49. The number of hydrogen-bond donors (Lipinski definition) is 4. The van der Waals surface area contributed by atoms with Crippen molar-refractivity contribution in [3.05, 3.63) is 23.3 Å². The molecule has 2 rings (SSSR count). The highest BCUT2D eigenvalue weighted by molar-refractivity contribution is 5.95. The predicted octanol–water partition coefficient (Wildman–Crippen LogP) is 2.63. The zero-order valence-corrected chi connectivity index (χ0v) is 12.5. The molecule has 1 aromatic rings. The predicted molar refractivity (Wildman–Crippen MR) is 83.6 cm³/mol. The van der Waals surface area contributed by atoms with Gasteiger partial charge in [-0.05, 0) is 37.5 Å². The third kappa shape index (κ3) is 3.47. The van der Waals surface area contributed by atoms with E-state index in [0.29, 0.717) is 12.2 Å². The molecule has 21 heavy (non-hydrogen) atoms. The van der Waals surface area contributed by atoms with Gasteiger partial charge in [-0.1, -0.05) is 19.3 Å². The Morgan fingerprint density at radius 3 is 2.57 bits per heavy atom. The Morgan fingerprint density at radius 1 is 1.33 bits per heavy atom. The first kappa shape index (κ1) is 15.6. The maximum Gasteiger partial charge on any atom is 0.337 e. The molecule has 1 saturated carbocycles. The number of nitrogens with two attached hydrogens (primary N) is 1. The number of nitrogens with one attached hydrogen (secondary N) is 1. The standard InChI is InChI=1S/C16H24N2O3/c1-11-7-12(8-13(14(11)17)15(20)21)18-9-16(10-19)5-3-2-4-6-16/h7-8,18-19H,2-6,9-10,17H2,1H3,(H,20,21). The highest BCUT2D eigenvalue weighted by atomic mass is 16.4. The lowest BCUT2D eigenvalue weighted by Gasteiger charge is -2.36. The summed E-state index contributed by atoms with van der Waals surface area (Å²) in [6.45, 7) is 2.63. The number of aromatic carboxylic acids is 1.